The van der Waals surface area contributed by atoms with Gasteiger partial charge in [-0.3, -0.25) is 4.79 Å². The minimum absolute atomic E-state index is 0.159. The molecule has 0 heterocycles. The number of amides is 1. The number of hydrogen-bond acceptors (Lipinski definition) is 2. The Hall–Kier alpha value is -1.48. The van der Waals surface area contributed by atoms with Gasteiger partial charge in [0.25, 0.3) is 5.91 Å². The van der Waals surface area contributed by atoms with Gasteiger partial charge in [-0.25, -0.2) is 0 Å². The topological polar surface area (TPSA) is 55.1 Å². The standard InChI is InChI=1S/C12H13ClN2O/c13-8-5-6-11(14)10(7-8)12(16)15-9-3-1-2-4-9/h1-2,5-7,9H,3-4,14H2,(H,15,16). The van der Waals surface area contributed by atoms with Crippen molar-refractivity contribution in [1.29, 1.82) is 0 Å². The van der Waals surface area contributed by atoms with Crippen molar-refractivity contribution in [3.63, 3.8) is 0 Å². The van der Waals surface area contributed by atoms with Crippen LogP contribution in [0.4, 0.5) is 5.69 Å². The van der Waals surface area contributed by atoms with Crippen molar-refractivity contribution >= 4 is 23.2 Å². The van der Waals surface area contributed by atoms with Crippen LogP contribution in [0.25, 0.3) is 0 Å². The molecule has 2 rings (SSSR count). The molecule has 3 N–H and O–H groups in total. The van der Waals surface area contributed by atoms with E-state index in [0.29, 0.717) is 16.3 Å². The summed E-state index contributed by atoms with van der Waals surface area (Å²) in [7, 11) is 0. The van der Waals surface area contributed by atoms with E-state index in [9.17, 15) is 4.79 Å². The van der Waals surface area contributed by atoms with Crippen LogP contribution in [0.15, 0.2) is 30.4 Å². The first-order valence-corrected chi connectivity index (χ1v) is 5.55. The lowest BCUT2D eigenvalue weighted by Gasteiger charge is -2.13. The summed E-state index contributed by atoms with van der Waals surface area (Å²) in [5, 5.41) is 3.44. The van der Waals surface area contributed by atoms with Crippen molar-refractivity contribution in [2.24, 2.45) is 0 Å². The minimum Gasteiger partial charge on any atom is -0.398 e. The molecule has 1 aromatic rings. The van der Waals surface area contributed by atoms with Crippen LogP contribution in [-0.4, -0.2) is 11.9 Å². The van der Waals surface area contributed by atoms with Gasteiger partial charge in [0.15, 0.2) is 0 Å². The number of nitrogen functional groups attached to an aromatic ring is 1. The van der Waals surface area contributed by atoms with Gasteiger partial charge in [-0.1, -0.05) is 23.8 Å². The van der Waals surface area contributed by atoms with E-state index in [4.69, 9.17) is 17.3 Å². The maximum absolute atomic E-state index is 11.9. The smallest absolute Gasteiger partial charge is 0.253 e. The molecule has 4 heteroatoms. The van der Waals surface area contributed by atoms with E-state index in [0.717, 1.165) is 12.8 Å². The predicted molar refractivity (Wildman–Crippen MR) is 65.5 cm³/mol. The van der Waals surface area contributed by atoms with Gasteiger partial charge in [0.2, 0.25) is 0 Å². The number of anilines is 1. The van der Waals surface area contributed by atoms with E-state index >= 15 is 0 Å². The molecule has 0 saturated carbocycles. The van der Waals surface area contributed by atoms with Gasteiger partial charge in [0.05, 0.1) is 5.56 Å². The molecule has 0 radical (unpaired) electrons. The maximum Gasteiger partial charge on any atom is 0.253 e. The van der Waals surface area contributed by atoms with E-state index < -0.39 is 0 Å². The van der Waals surface area contributed by atoms with E-state index in [1.165, 1.54) is 0 Å². The van der Waals surface area contributed by atoms with Crippen molar-refractivity contribution in [2.75, 3.05) is 5.73 Å². The first-order chi connectivity index (χ1) is 7.66. The average molecular weight is 237 g/mol. The lowest BCUT2D eigenvalue weighted by Crippen LogP contribution is -2.33. The Morgan fingerprint density at radius 1 is 1.38 bits per heavy atom. The summed E-state index contributed by atoms with van der Waals surface area (Å²) in [4.78, 5) is 11.9. The Labute approximate surface area is 99.3 Å². The van der Waals surface area contributed by atoms with Crippen molar-refractivity contribution in [1.82, 2.24) is 5.32 Å². The van der Waals surface area contributed by atoms with Gasteiger partial charge in [0.1, 0.15) is 0 Å². The molecule has 16 heavy (non-hydrogen) atoms. The Balaban J connectivity index is 2.10. The van der Waals surface area contributed by atoms with E-state index in [-0.39, 0.29) is 11.9 Å². The normalized spacial score (nSPS) is 15.3. The Bertz CT molecular complexity index is 435. The monoisotopic (exact) mass is 236 g/mol. The SMILES string of the molecule is Nc1ccc(Cl)cc1C(=O)NC1CC=CC1. The average Bonchev–Trinajstić information content (AvgIpc) is 2.74. The second-order valence-corrected chi connectivity index (χ2v) is 4.28. The zero-order chi connectivity index (χ0) is 11.5. The molecule has 1 amide bonds. The molecule has 0 aromatic heterocycles. The van der Waals surface area contributed by atoms with Crippen LogP contribution in [0.3, 0.4) is 0 Å². The number of nitrogens with one attached hydrogen (secondary N) is 1. The molecule has 0 fully saturated rings. The molecule has 1 aliphatic rings. The molecular formula is C12H13ClN2O. The summed E-state index contributed by atoms with van der Waals surface area (Å²) in [5.41, 5.74) is 6.63. The van der Waals surface area contributed by atoms with Crippen LogP contribution >= 0.6 is 11.6 Å². The highest BCUT2D eigenvalue weighted by Crippen LogP contribution is 2.18. The highest BCUT2D eigenvalue weighted by Gasteiger charge is 2.16. The van der Waals surface area contributed by atoms with Gasteiger partial charge in [-0.15, -0.1) is 0 Å². The molecule has 0 atom stereocenters. The third kappa shape index (κ3) is 2.36. The lowest BCUT2D eigenvalue weighted by atomic mass is 10.1. The lowest BCUT2D eigenvalue weighted by molar-refractivity contribution is 0.0940. The van der Waals surface area contributed by atoms with Crippen molar-refractivity contribution < 1.29 is 4.79 Å². The van der Waals surface area contributed by atoms with Crippen LogP contribution < -0.4 is 11.1 Å². The zero-order valence-electron chi connectivity index (χ0n) is 8.74. The van der Waals surface area contributed by atoms with E-state index in [1.807, 2.05) is 0 Å². The third-order valence-electron chi connectivity index (χ3n) is 2.60. The second-order valence-electron chi connectivity index (χ2n) is 3.84. The summed E-state index contributed by atoms with van der Waals surface area (Å²) in [6.45, 7) is 0. The molecule has 0 unspecified atom stereocenters. The number of carbonyl (C=O) groups is 1. The fourth-order valence-corrected chi connectivity index (χ4v) is 1.90. The first-order valence-electron chi connectivity index (χ1n) is 5.17. The number of carbonyl (C=O) groups excluding carboxylic acids is 1. The molecular weight excluding hydrogens is 224 g/mol. The van der Waals surface area contributed by atoms with Gasteiger partial charge in [-0.05, 0) is 31.0 Å². The largest absolute Gasteiger partial charge is 0.398 e. The van der Waals surface area contributed by atoms with Gasteiger partial charge in [0, 0.05) is 16.8 Å². The predicted octanol–water partition coefficient (Wildman–Crippen LogP) is 2.37. The minimum atomic E-state index is -0.159. The Morgan fingerprint density at radius 3 is 2.75 bits per heavy atom. The summed E-state index contributed by atoms with van der Waals surface area (Å²) >= 11 is 5.83. The van der Waals surface area contributed by atoms with Crippen molar-refractivity contribution in [3.8, 4) is 0 Å². The number of benzene rings is 1. The quantitative estimate of drug-likeness (QED) is 0.612. The highest BCUT2D eigenvalue weighted by atomic mass is 35.5. The van der Waals surface area contributed by atoms with Crippen LogP contribution in [0, 0.1) is 0 Å². The van der Waals surface area contributed by atoms with Crippen molar-refractivity contribution in [2.45, 2.75) is 18.9 Å². The van der Waals surface area contributed by atoms with Crippen LogP contribution in [0.5, 0.6) is 0 Å². The second kappa shape index (κ2) is 4.58. The van der Waals surface area contributed by atoms with Crippen LogP contribution in [0.1, 0.15) is 23.2 Å². The van der Waals surface area contributed by atoms with Gasteiger partial charge < -0.3 is 11.1 Å². The highest BCUT2D eigenvalue weighted by molar-refractivity contribution is 6.31. The number of rotatable bonds is 2. The van der Waals surface area contributed by atoms with Crippen LogP contribution in [0.2, 0.25) is 5.02 Å². The van der Waals surface area contributed by atoms with E-state index in [2.05, 4.69) is 17.5 Å². The van der Waals surface area contributed by atoms with Crippen LogP contribution in [-0.2, 0) is 0 Å². The number of halogens is 1. The molecule has 3 nitrogen and oxygen atoms in total. The fraction of sp³-hybridized carbons (Fsp3) is 0.250. The van der Waals surface area contributed by atoms with E-state index in [1.54, 1.807) is 18.2 Å². The maximum atomic E-state index is 11.9. The molecule has 1 aromatic carbocycles. The summed E-state index contributed by atoms with van der Waals surface area (Å²) < 4.78 is 0. The third-order valence-corrected chi connectivity index (χ3v) is 2.84. The van der Waals surface area contributed by atoms with Gasteiger partial charge >= 0.3 is 0 Å². The van der Waals surface area contributed by atoms with Gasteiger partial charge in [-0.2, -0.15) is 0 Å². The molecule has 1 aliphatic carbocycles. The zero-order valence-corrected chi connectivity index (χ0v) is 9.50. The Morgan fingerprint density at radius 2 is 2.06 bits per heavy atom. The fourth-order valence-electron chi connectivity index (χ4n) is 1.72. The number of nitrogens with two attached hydrogens (primary N) is 1. The summed E-state index contributed by atoms with van der Waals surface area (Å²) in [6.07, 6.45) is 5.89. The first kappa shape index (κ1) is 11.0. The Kier molecular flexibility index (Phi) is 3.15. The summed E-state index contributed by atoms with van der Waals surface area (Å²) in [6, 6.07) is 5.09. The molecule has 0 spiro atoms. The van der Waals surface area contributed by atoms with Crippen molar-refractivity contribution in [3.05, 3.63) is 40.9 Å². The number of hydrogen-bond donors (Lipinski definition) is 2. The molecule has 0 aliphatic heterocycles. The molecule has 0 saturated heterocycles. The summed E-state index contributed by atoms with van der Waals surface area (Å²) in [5.74, 6) is -0.159. The molecule has 0 bridgehead atoms. The molecule has 84 valence electrons.